The molecular formula is C14H20N2O4. The fourth-order valence-electron chi connectivity index (χ4n) is 1.97. The molecule has 6 nitrogen and oxygen atoms in total. The predicted molar refractivity (Wildman–Crippen MR) is 75.3 cm³/mol. The second-order valence-corrected chi connectivity index (χ2v) is 5.00. The molecule has 0 fully saturated rings. The number of nitrogens with one attached hydrogen (secondary N) is 1. The first-order chi connectivity index (χ1) is 9.41. The van der Waals surface area contributed by atoms with E-state index in [1.54, 1.807) is 18.2 Å². The highest BCUT2D eigenvalue weighted by Crippen LogP contribution is 2.19. The summed E-state index contributed by atoms with van der Waals surface area (Å²) in [5.74, 6) is -0.280. The van der Waals surface area contributed by atoms with Crippen molar-refractivity contribution in [1.29, 1.82) is 0 Å². The van der Waals surface area contributed by atoms with Crippen molar-refractivity contribution in [3.63, 3.8) is 0 Å². The summed E-state index contributed by atoms with van der Waals surface area (Å²) in [7, 11) is 0. The molecule has 2 N–H and O–H groups in total. The first-order valence-electron chi connectivity index (χ1n) is 6.56. The molecule has 1 amide bonds. The van der Waals surface area contributed by atoms with Crippen LogP contribution in [-0.4, -0.2) is 28.1 Å². The molecule has 0 spiro atoms. The van der Waals surface area contributed by atoms with Crippen LogP contribution < -0.4 is 5.32 Å². The maximum absolute atomic E-state index is 12.0. The van der Waals surface area contributed by atoms with Crippen LogP contribution in [0.25, 0.3) is 0 Å². The topological polar surface area (TPSA) is 92.5 Å². The molecule has 110 valence electrons. The molecule has 1 aromatic rings. The summed E-state index contributed by atoms with van der Waals surface area (Å²) in [5, 5.41) is 22.7. The molecule has 0 heterocycles. The normalized spacial score (nSPS) is 13.6. The lowest BCUT2D eigenvalue weighted by Crippen LogP contribution is -2.46. The van der Waals surface area contributed by atoms with Crippen LogP contribution in [0.1, 0.15) is 32.3 Å². The van der Waals surface area contributed by atoms with Gasteiger partial charge in [0.25, 0.3) is 5.69 Å². The van der Waals surface area contributed by atoms with Crippen molar-refractivity contribution in [2.75, 3.05) is 6.61 Å². The van der Waals surface area contributed by atoms with Crippen molar-refractivity contribution in [1.82, 2.24) is 5.32 Å². The quantitative estimate of drug-likeness (QED) is 0.588. The number of carbonyl (C=O) groups excluding carboxylic acids is 1. The second-order valence-electron chi connectivity index (χ2n) is 5.00. The van der Waals surface area contributed by atoms with Gasteiger partial charge in [-0.1, -0.05) is 25.1 Å². The number of rotatable bonds is 7. The van der Waals surface area contributed by atoms with E-state index >= 15 is 0 Å². The van der Waals surface area contributed by atoms with Gasteiger partial charge in [-0.3, -0.25) is 14.9 Å². The van der Waals surface area contributed by atoms with E-state index in [2.05, 4.69) is 5.32 Å². The zero-order valence-corrected chi connectivity index (χ0v) is 11.8. The average molecular weight is 280 g/mol. The Kier molecular flexibility index (Phi) is 5.64. The summed E-state index contributed by atoms with van der Waals surface area (Å²) in [5.41, 5.74) is -0.157. The van der Waals surface area contributed by atoms with Crippen molar-refractivity contribution >= 4 is 11.6 Å². The molecular weight excluding hydrogens is 260 g/mol. The molecule has 0 aliphatic heterocycles. The Morgan fingerprint density at radius 3 is 2.65 bits per heavy atom. The highest BCUT2D eigenvalue weighted by Gasteiger charge is 2.24. The number of amides is 1. The summed E-state index contributed by atoms with van der Waals surface area (Å²) >= 11 is 0. The van der Waals surface area contributed by atoms with Gasteiger partial charge in [0, 0.05) is 23.8 Å². The summed E-state index contributed by atoms with van der Waals surface area (Å²) in [6.45, 7) is 3.75. The Morgan fingerprint density at radius 1 is 1.45 bits per heavy atom. The number of hydrogen-bond donors (Lipinski definition) is 2. The van der Waals surface area contributed by atoms with Crippen LogP contribution >= 0.6 is 0 Å². The number of aliphatic hydroxyl groups excluding tert-OH is 1. The minimum Gasteiger partial charge on any atom is -0.396 e. The molecule has 6 heteroatoms. The summed E-state index contributed by atoms with van der Waals surface area (Å²) in [4.78, 5) is 22.4. The van der Waals surface area contributed by atoms with E-state index in [1.165, 1.54) is 6.07 Å². The number of nitro benzene ring substituents is 1. The highest BCUT2D eigenvalue weighted by atomic mass is 16.6. The van der Waals surface area contributed by atoms with Gasteiger partial charge in [0.2, 0.25) is 5.91 Å². The van der Waals surface area contributed by atoms with Crippen LogP contribution in [0, 0.1) is 10.1 Å². The lowest BCUT2D eigenvalue weighted by Gasteiger charge is -2.29. The van der Waals surface area contributed by atoms with Crippen LogP contribution in [0.2, 0.25) is 0 Å². The van der Waals surface area contributed by atoms with Crippen molar-refractivity contribution in [2.24, 2.45) is 0 Å². The van der Waals surface area contributed by atoms with Gasteiger partial charge in [-0.05, 0) is 19.8 Å². The van der Waals surface area contributed by atoms with Gasteiger partial charge in [0.05, 0.1) is 11.3 Å². The number of nitrogens with zero attached hydrogens (tertiary/aromatic N) is 1. The van der Waals surface area contributed by atoms with E-state index in [0.29, 0.717) is 18.4 Å². The molecule has 0 saturated carbocycles. The zero-order chi connectivity index (χ0) is 15.2. The first-order valence-corrected chi connectivity index (χ1v) is 6.56. The van der Waals surface area contributed by atoms with E-state index in [-0.39, 0.29) is 24.6 Å². The van der Waals surface area contributed by atoms with Crippen LogP contribution in [-0.2, 0) is 11.2 Å². The van der Waals surface area contributed by atoms with Crippen molar-refractivity contribution in [3.8, 4) is 0 Å². The average Bonchev–Trinajstić information content (AvgIpc) is 2.39. The van der Waals surface area contributed by atoms with Gasteiger partial charge in [-0.15, -0.1) is 0 Å². The summed E-state index contributed by atoms with van der Waals surface area (Å²) in [6, 6.07) is 6.20. The lowest BCUT2D eigenvalue weighted by atomic mass is 9.94. The molecule has 1 atom stereocenters. The molecule has 1 aromatic carbocycles. The smallest absolute Gasteiger partial charge is 0.273 e. The van der Waals surface area contributed by atoms with Gasteiger partial charge >= 0.3 is 0 Å². The third-order valence-electron chi connectivity index (χ3n) is 3.42. The molecule has 0 aromatic heterocycles. The number of aliphatic hydroxyl groups is 1. The Morgan fingerprint density at radius 2 is 2.10 bits per heavy atom. The summed E-state index contributed by atoms with van der Waals surface area (Å²) in [6.07, 6.45) is 1.08. The van der Waals surface area contributed by atoms with Crippen molar-refractivity contribution < 1.29 is 14.8 Å². The van der Waals surface area contributed by atoms with Crippen LogP contribution in [0.4, 0.5) is 5.69 Å². The second kappa shape index (κ2) is 7.00. The van der Waals surface area contributed by atoms with Gasteiger partial charge in [-0.25, -0.2) is 0 Å². The monoisotopic (exact) mass is 280 g/mol. The Hall–Kier alpha value is -1.95. The number of carbonyl (C=O) groups is 1. The van der Waals surface area contributed by atoms with Gasteiger partial charge in [0.15, 0.2) is 0 Å². The van der Waals surface area contributed by atoms with E-state index < -0.39 is 10.5 Å². The Bertz CT molecular complexity index is 490. The minimum absolute atomic E-state index is 0.0178. The van der Waals surface area contributed by atoms with E-state index in [9.17, 15) is 14.9 Å². The molecule has 20 heavy (non-hydrogen) atoms. The third kappa shape index (κ3) is 4.31. The largest absolute Gasteiger partial charge is 0.396 e. The molecule has 0 aliphatic rings. The number of hydrogen-bond acceptors (Lipinski definition) is 4. The zero-order valence-electron chi connectivity index (χ0n) is 11.8. The van der Waals surface area contributed by atoms with Gasteiger partial charge < -0.3 is 10.4 Å². The summed E-state index contributed by atoms with van der Waals surface area (Å²) < 4.78 is 0. The molecule has 1 rings (SSSR count). The first kappa shape index (κ1) is 16.1. The molecule has 0 radical (unpaired) electrons. The van der Waals surface area contributed by atoms with Crippen LogP contribution in [0.5, 0.6) is 0 Å². The Labute approximate surface area is 118 Å². The molecule has 0 saturated heterocycles. The Balaban J connectivity index is 2.79. The van der Waals surface area contributed by atoms with Crippen LogP contribution in [0.3, 0.4) is 0 Å². The maximum atomic E-state index is 12.0. The fraction of sp³-hybridized carbons (Fsp3) is 0.500. The van der Waals surface area contributed by atoms with Crippen molar-refractivity contribution in [2.45, 2.75) is 38.6 Å². The fourth-order valence-corrected chi connectivity index (χ4v) is 1.97. The van der Waals surface area contributed by atoms with E-state index in [1.807, 2.05) is 13.8 Å². The number of para-hydroxylation sites is 1. The molecule has 1 unspecified atom stereocenters. The van der Waals surface area contributed by atoms with Gasteiger partial charge in [0.1, 0.15) is 0 Å². The molecule has 0 aliphatic carbocycles. The van der Waals surface area contributed by atoms with Crippen LogP contribution in [0.15, 0.2) is 24.3 Å². The van der Waals surface area contributed by atoms with Gasteiger partial charge in [-0.2, -0.15) is 0 Å². The number of nitro groups is 1. The van der Waals surface area contributed by atoms with Crippen molar-refractivity contribution in [3.05, 3.63) is 39.9 Å². The number of benzene rings is 1. The van der Waals surface area contributed by atoms with E-state index in [4.69, 9.17) is 5.11 Å². The maximum Gasteiger partial charge on any atom is 0.273 e. The molecule has 0 bridgehead atoms. The highest BCUT2D eigenvalue weighted by molar-refractivity contribution is 5.80. The third-order valence-corrected chi connectivity index (χ3v) is 3.42. The lowest BCUT2D eigenvalue weighted by molar-refractivity contribution is -0.385. The predicted octanol–water partition coefficient (Wildman–Crippen LogP) is 1.80. The SMILES string of the molecule is CCC(C)(CCO)NC(=O)Cc1ccccc1[N+](=O)[O-]. The minimum atomic E-state index is -0.491. The standard InChI is InChI=1S/C14H20N2O4/c1-3-14(2,8-9-17)15-13(18)10-11-6-4-5-7-12(11)16(19)20/h4-7,17H,3,8-10H2,1-2H3,(H,15,18). The van der Waals surface area contributed by atoms with E-state index in [0.717, 1.165) is 0 Å².